The van der Waals surface area contributed by atoms with E-state index in [0.29, 0.717) is 12.1 Å². The first-order valence-corrected chi connectivity index (χ1v) is 10.7. The number of hydrogen-bond acceptors (Lipinski definition) is 5. The van der Waals surface area contributed by atoms with Gasteiger partial charge in [0.25, 0.3) is 0 Å². The molecule has 0 amide bonds. The van der Waals surface area contributed by atoms with Crippen molar-refractivity contribution in [2.24, 2.45) is 10.4 Å². The first kappa shape index (κ1) is 20.6. The minimum Gasteiger partial charge on any atom is -0.379 e. The molecule has 1 saturated carbocycles. The molecule has 3 atom stereocenters. The van der Waals surface area contributed by atoms with Gasteiger partial charge in [0.15, 0.2) is 5.96 Å². The van der Waals surface area contributed by atoms with Gasteiger partial charge >= 0.3 is 0 Å². The lowest BCUT2D eigenvalue weighted by Crippen LogP contribution is -2.69. The van der Waals surface area contributed by atoms with Gasteiger partial charge in [-0.2, -0.15) is 0 Å². The number of nitrogens with one attached hydrogen (secondary N) is 2. The summed E-state index contributed by atoms with van der Waals surface area (Å²) in [6, 6.07) is 5.04. The maximum atomic E-state index is 5.74. The van der Waals surface area contributed by atoms with Crippen molar-refractivity contribution in [1.82, 2.24) is 15.5 Å². The molecule has 0 bridgehead atoms. The number of aliphatic imine (C=N–C) groups is 1. The average molecular weight is 395 g/mol. The van der Waals surface area contributed by atoms with E-state index in [9.17, 15) is 0 Å². The number of morpholine rings is 1. The molecular weight excluding hydrogens is 360 g/mol. The van der Waals surface area contributed by atoms with Crippen molar-refractivity contribution in [2.75, 3.05) is 47.0 Å². The summed E-state index contributed by atoms with van der Waals surface area (Å²) in [6.45, 7) is 11.1. The van der Waals surface area contributed by atoms with E-state index in [4.69, 9.17) is 9.47 Å². The molecule has 1 aliphatic carbocycles. The molecule has 3 unspecified atom stereocenters. The van der Waals surface area contributed by atoms with Gasteiger partial charge in [0.05, 0.1) is 24.9 Å². The van der Waals surface area contributed by atoms with Crippen LogP contribution in [0.1, 0.15) is 38.1 Å². The molecule has 2 fully saturated rings. The van der Waals surface area contributed by atoms with Crippen molar-refractivity contribution in [3.8, 4) is 0 Å². The van der Waals surface area contributed by atoms with Gasteiger partial charge in [-0.15, -0.1) is 11.3 Å². The number of methoxy groups -OCH3 is 1. The van der Waals surface area contributed by atoms with E-state index in [0.717, 1.165) is 45.2 Å². The number of ether oxygens (including phenoxy) is 2. The molecule has 3 rings (SSSR count). The summed E-state index contributed by atoms with van der Waals surface area (Å²) in [6.07, 6.45) is 0.981. The summed E-state index contributed by atoms with van der Waals surface area (Å²) in [4.78, 5) is 8.35. The van der Waals surface area contributed by atoms with Gasteiger partial charge in [0, 0.05) is 50.1 Å². The minimum absolute atomic E-state index is 0.0523. The van der Waals surface area contributed by atoms with Crippen LogP contribution in [0.3, 0.4) is 0 Å². The van der Waals surface area contributed by atoms with Crippen molar-refractivity contribution in [3.05, 3.63) is 22.4 Å². The standard InChI is InChI=1S/C20H34N4O2S/c1-19(2)17(13-20(19,3)25-5)23-18(21-4)22-14-15(16-7-6-12-27-16)24-8-10-26-11-9-24/h6-7,12,15,17H,8-11,13-14H2,1-5H3,(H2,21,22,23). The van der Waals surface area contributed by atoms with Crippen LogP contribution in [0.5, 0.6) is 0 Å². The van der Waals surface area contributed by atoms with Crippen LogP contribution >= 0.6 is 11.3 Å². The Bertz CT molecular complexity index is 628. The number of hydrogen-bond donors (Lipinski definition) is 2. The molecule has 1 saturated heterocycles. The second-order valence-electron chi connectivity index (χ2n) is 8.19. The third-order valence-corrected chi connectivity index (χ3v) is 7.61. The monoisotopic (exact) mass is 394 g/mol. The van der Waals surface area contributed by atoms with Gasteiger partial charge < -0.3 is 20.1 Å². The quantitative estimate of drug-likeness (QED) is 0.573. The van der Waals surface area contributed by atoms with Crippen molar-refractivity contribution >= 4 is 17.3 Å². The van der Waals surface area contributed by atoms with Crippen molar-refractivity contribution in [3.63, 3.8) is 0 Å². The lowest BCUT2D eigenvalue weighted by atomic mass is 9.56. The summed E-state index contributed by atoms with van der Waals surface area (Å²) in [5.74, 6) is 0.862. The van der Waals surface area contributed by atoms with Crippen LogP contribution in [0.25, 0.3) is 0 Å². The second kappa shape index (κ2) is 8.47. The Hall–Kier alpha value is -1.15. The smallest absolute Gasteiger partial charge is 0.191 e. The lowest BCUT2D eigenvalue weighted by molar-refractivity contribution is -0.176. The Morgan fingerprint density at radius 3 is 2.70 bits per heavy atom. The van der Waals surface area contributed by atoms with Crippen molar-refractivity contribution in [1.29, 1.82) is 0 Å². The summed E-state index contributed by atoms with van der Waals surface area (Å²) >= 11 is 1.82. The molecule has 0 aromatic carbocycles. The number of guanidine groups is 1. The molecule has 7 heteroatoms. The van der Waals surface area contributed by atoms with Crippen LogP contribution in [-0.2, 0) is 9.47 Å². The van der Waals surface area contributed by atoms with E-state index in [1.54, 1.807) is 7.11 Å². The fourth-order valence-corrected chi connectivity index (χ4v) is 4.92. The van der Waals surface area contributed by atoms with Crippen LogP contribution < -0.4 is 10.6 Å². The van der Waals surface area contributed by atoms with E-state index in [1.165, 1.54) is 4.88 Å². The Morgan fingerprint density at radius 1 is 1.41 bits per heavy atom. The third kappa shape index (κ3) is 4.16. The van der Waals surface area contributed by atoms with Gasteiger partial charge in [0.2, 0.25) is 0 Å². The fourth-order valence-electron chi connectivity index (χ4n) is 4.06. The van der Waals surface area contributed by atoms with Crippen molar-refractivity contribution < 1.29 is 9.47 Å². The molecule has 1 aromatic rings. The normalized spacial score (nSPS) is 29.8. The van der Waals surface area contributed by atoms with Gasteiger partial charge in [0.1, 0.15) is 0 Å². The van der Waals surface area contributed by atoms with Gasteiger partial charge in [-0.3, -0.25) is 9.89 Å². The zero-order valence-electron chi connectivity index (χ0n) is 17.2. The number of thiophene rings is 1. The minimum atomic E-state index is -0.0865. The highest BCUT2D eigenvalue weighted by molar-refractivity contribution is 7.10. The van der Waals surface area contributed by atoms with Gasteiger partial charge in [-0.1, -0.05) is 19.9 Å². The van der Waals surface area contributed by atoms with Crippen molar-refractivity contribution in [2.45, 2.75) is 44.9 Å². The zero-order chi connectivity index (χ0) is 19.5. The third-order valence-electron chi connectivity index (χ3n) is 6.63. The molecule has 2 aliphatic rings. The van der Waals surface area contributed by atoms with Crippen LogP contribution in [-0.4, -0.2) is 69.5 Å². The molecule has 6 nitrogen and oxygen atoms in total. The first-order valence-electron chi connectivity index (χ1n) is 9.79. The number of nitrogens with zero attached hydrogens (tertiary/aromatic N) is 2. The summed E-state index contributed by atoms with van der Waals surface area (Å²) in [5, 5.41) is 9.32. The lowest BCUT2D eigenvalue weighted by Gasteiger charge is -2.59. The van der Waals surface area contributed by atoms with Crippen LogP contribution in [0.2, 0.25) is 0 Å². The molecular formula is C20H34N4O2S. The summed E-state index contributed by atoms with van der Waals surface area (Å²) in [7, 11) is 3.64. The fraction of sp³-hybridized carbons (Fsp3) is 0.750. The molecule has 2 heterocycles. The predicted molar refractivity (Wildman–Crippen MR) is 112 cm³/mol. The average Bonchev–Trinajstić information content (AvgIpc) is 3.21. The van der Waals surface area contributed by atoms with Crippen LogP contribution in [0.4, 0.5) is 0 Å². The molecule has 1 aliphatic heterocycles. The molecule has 0 spiro atoms. The second-order valence-corrected chi connectivity index (χ2v) is 9.17. The SMILES string of the molecule is CN=C(NCC(c1cccs1)N1CCOCC1)NC1CC(C)(OC)C1(C)C. The van der Waals surface area contributed by atoms with E-state index < -0.39 is 0 Å². The van der Waals surface area contributed by atoms with Crippen LogP contribution in [0, 0.1) is 5.41 Å². The maximum absolute atomic E-state index is 5.74. The Labute approximate surface area is 167 Å². The first-order chi connectivity index (χ1) is 12.9. The maximum Gasteiger partial charge on any atom is 0.191 e. The Balaban J connectivity index is 1.60. The predicted octanol–water partition coefficient (Wildman–Crippen LogP) is 2.49. The number of rotatable bonds is 6. The highest BCUT2D eigenvalue weighted by atomic mass is 32.1. The zero-order valence-corrected chi connectivity index (χ0v) is 18.1. The molecule has 0 radical (unpaired) electrons. The molecule has 152 valence electrons. The molecule has 27 heavy (non-hydrogen) atoms. The van der Waals surface area contributed by atoms with Gasteiger partial charge in [-0.25, -0.2) is 0 Å². The van der Waals surface area contributed by atoms with E-state index >= 15 is 0 Å². The Kier molecular flexibility index (Phi) is 6.46. The molecule has 1 aromatic heterocycles. The van der Waals surface area contributed by atoms with E-state index in [2.05, 4.69) is 58.8 Å². The van der Waals surface area contributed by atoms with Crippen LogP contribution in [0.15, 0.2) is 22.5 Å². The largest absolute Gasteiger partial charge is 0.379 e. The van der Waals surface area contributed by atoms with E-state index in [1.807, 2.05) is 18.4 Å². The highest BCUT2D eigenvalue weighted by Crippen LogP contribution is 2.51. The Morgan fingerprint density at radius 2 is 2.15 bits per heavy atom. The topological polar surface area (TPSA) is 58.1 Å². The van der Waals surface area contributed by atoms with Gasteiger partial charge in [-0.05, 0) is 24.8 Å². The molecule has 2 N–H and O–H groups in total. The highest BCUT2D eigenvalue weighted by Gasteiger charge is 2.58. The van der Waals surface area contributed by atoms with E-state index in [-0.39, 0.29) is 11.0 Å². The summed E-state index contributed by atoms with van der Waals surface area (Å²) < 4.78 is 11.3. The summed E-state index contributed by atoms with van der Waals surface area (Å²) in [5.41, 5.74) is -0.0342.